The van der Waals surface area contributed by atoms with Gasteiger partial charge < -0.3 is 18.9 Å². The molecule has 1 amide bonds. The van der Waals surface area contributed by atoms with Crippen LogP contribution < -0.4 is 24.4 Å². The Kier molecular flexibility index (Phi) is 7.33. The predicted octanol–water partition coefficient (Wildman–Crippen LogP) is 3.90. The van der Waals surface area contributed by atoms with E-state index in [1.165, 1.54) is 6.21 Å². The van der Waals surface area contributed by atoms with E-state index in [2.05, 4.69) is 17.5 Å². The van der Waals surface area contributed by atoms with E-state index in [1.54, 1.807) is 31.2 Å². The van der Waals surface area contributed by atoms with Gasteiger partial charge in [-0.1, -0.05) is 19.8 Å². The number of rotatable bonds is 10. The van der Waals surface area contributed by atoms with Crippen LogP contribution in [0.2, 0.25) is 0 Å². The van der Waals surface area contributed by atoms with E-state index in [1.807, 2.05) is 18.2 Å². The van der Waals surface area contributed by atoms with Crippen LogP contribution in [0.4, 0.5) is 0 Å². The lowest BCUT2D eigenvalue weighted by Crippen LogP contribution is -2.33. The van der Waals surface area contributed by atoms with Crippen molar-refractivity contribution in [3.8, 4) is 23.0 Å². The van der Waals surface area contributed by atoms with Gasteiger partial charge in [0.15, 0.2) is 17.6 Å². The number of nitrogens with zero attached hydrogens (tertiary/aromatic N) is 1. The smallest absolute Gasteiger partial charge is 0.280 e. The van der Waals surface area contributed by atoms with Gasteiger partial charge >= 0.3 is 0 Å². The van der Waals surface area contributed by atoms with Crippen molar-refractivity contribution in [1.29, 1.82) is 0 Å². The van der Waals surface area contributed by atoms with E-state index in [0.29, 0.717) is 23.9 Å². The zero-order valence-corrected chi connectivity index (χ0v) is 16.7. The lowest BCUT2D eigenvalue weighted by Gasteiger charge is -2.13. The summed E-state index contributed by atoms with van der Waals surface area (Å²) < 4.78 is 21.9. The van der Waals surface area contributed by atoms with E-state index in [-0.39, 0.29) is 12.7 Å². The normalized spacial score (nSPS) is 13.3. The van der Waals surface area contributed by atoms with Crippen LogP contribution in [0.5, 0.6) is 23.0 Å². The molecule has 0 bridgehead atoms. The zero-order chi connectivity index (χ0) is 20.5. The third kappa shape index (κ3) is 6.14. The van der Waals surface area contributed by atoms with Crippen molar-refractivity contribution in [2.75, 3.05) is 13.4 Å². The summed E-state index contributed by atoms with van der Waals surface area (Å²) in [6, 6.07) is 12.7. The average molecular weight is 398 g/mol. The highest BCUT2D eigenvalue weighted by atomic mass is 16.7. The van der Waals surface area contributed by atoms with E-state index in [9.17, 15) is 4.79 Å². The predicted molar refractivity (Wildman–Crippen MR) is 110 cm³/mol. The molecule has 0 radical (unpaired) electrons. The summed E-state index contributed by atoms with van der Waals surface area (Å²) in [6.45, 7) is 4.74. The number of fused-ring (bicyclic) bond motifs is 1. The van der Waals surface area contributed by atoms with Crippen molar-refractivity contribution in [1.82, 2.24) is 5.43 Å². The van der Waals surface area contributed by atoms with Gasteiger partial charge in [-0.2, -0.15) is 5.10 Å². The summed E-state index contributed by atoms with van der Waals surface area (Å²) in [7, 11) is 0. The van der Waals surface area contributed by atoms with Crippen LogP contribution >= 0.6 is 0 Å². The number of carbonyl (C=O) groups is 1. The molecule has 7 heteroatoms. The Labute approximate surface area is 170 Å². The van der Waals surface area contributed by atoms with Crippen molar-refractivity contribution < 1.29 is 23.7 Å². The molecule has 3 rings (SSSR count). The molecule has 0 aliphatic carbocycles. The summed E-state index contributed by atoms with van der Waals surface area (Å²) in [6.07, 6.45) is 4.21. The molecule has 1 heterocycles. The van der Waals surface area contributed by atoms with E-state index in [4.69, 9.17) is 18.9 Å². The Hall–Kier alpha value is -3.22. The Morgan fingerprint density at radius 1 is 1.14 bits per heavy atom. The molecular weight excluding hydrogens is 372 g/mol. The maximum atomic E-state index is 12.2. The van der Waals surface area contributed by atoms with Gasteiger partial charge in [0.1, 0.15) is 11.5 Å². The highest BCUT2D eigenvalue weighted by Gasteiger charge is 2.15. The summed E-state index contributed by atoms with van der Waals surface area (Å²) in [5.74, 6) is 2.40. The molecule has 1 unspecified atom stereocenters. The van der Waals surface area contributed by atoms with E-state index < -0.39 is 6.10 Å². The molecule has 154 valence electrons. The fourth-order valence-corrected chi connectivity index (χ4v) is 2.67. The van der Waals surface area contributed by atoms with Crippen LogP contribution in [0.1, 0.15) is 38.7 Å². The Balaban J connectivity index is 1.44. The Bertz CT molecular complexity index is 836. The molecule has 1 aliphatic heterocycles. The minimum atomic E-state index is -0.694. The minimum absolute atomic E-state index is 0.216. The highest BCUT2D eigenvalue weighted by molar-refractivity contribution is 5.85. The molecule has 1 aliphatic rings. The van der Waals surface area contributed by atoms with Gasteiger partial charge in [-0.3, -0.25) is 4.79 Å². The van der Waals surface area contributed by atoms with Crippen molar-refractivity contribution in [2.45, 2.75) is 39.2 Å². The van der Waals surface area contributed by atoms with Crippen LogP contribution in [-0.2, 0) is 4.79 Å². The molecular formula is C22H26N2O5. The lowest BCUT2D eigenvalue weighted by atomic mass is 10.2. The van der Waals surface area contributed by atoms with Gasteiger partial charge in [0.05, 0.1) is 12.8 Å². The molecule has 0 saturated carbocycles. The van der Waals surface area contributed by atoms with Gasteiger partial charge in [-0.05, 0) is 61.4 Å². The fraction of sp³-hybridized carbons (Fsp3) is 0.364. The molecule has 29 heavy (non-hydrogen) atoms. The molecule has 0 spiro atoms. The van der Waals surface area contributed by atoms with Crippen LogP contribution in [0.25, 0.3) is 0 Å². The first kappa shape index (κ1) is 20.5. The number of hydrazone groups is 1. The number of ether oxygens (including phenoxy) is 4. The third-order valence-electron chi connectivity index (χ3n) is 4.31. The maximum absolute atomic E-state index is 12.2. The first-order valence-electron chi connectivity index (χ1n) is 9.78. The van der Waals surface area contributed by atoms with Crippen LogP contribution in [0.15, 0.2) is 47.6 Å². The summed E-state index contributed by atoms with van der Waals surface area (Å²) in [4.78, 5) is 12.2. The van der Waals surface area contributed by atoms with Crippen LogP contribution in [-0.4, -0.2) is 31.6 Å². The first-order chi connectivity index (χ1) is 14.2. The second kappa shape index (κ2) is 10.4. The molecule has 7 nitrogen and oxygen atoms in total. The van der Waals surface area contributed by atoms with Crippen molar-refractivity contribution in [2.24, 2.45) is 5.10 Å². The second-order valence-electron chi connectivity index (χ2n) is 6.63. The molecule has 0 fully saturated rings. The Morgan fingerprint density at radius 2 is 1.90 bits per heavy atom. The maximum Gasteiger partial charge on any atom is 0.280 e. The van der Waals surface area contributed by atoms with Gasteiger partial charge in [-0.15, -0.1) is 0 Å². The Morgan fingerprint density at radius 3 is 2.69 bits per heavy atom. The van der Waals surface area contributed by atoms with E-state index in [0.717, 1.165) is 30.6 Å². The number of amides is 1. The average Bonchev–Trinajstić information content (AvgIpc) is 3.20. The zero-order valence-electron chi connectivity index (χ0n) is 16.7. The van der Waals surface area contributed by atoms with E-state index >= 15 is 0 Å². The quantitative estimate of drug-likeness (QED) is 0.373. The summed E-state index contributed by atoms with van der Waals surface area (Å²) in [5.41, 5.74) is 3.27. The van der Waals surface area contributed by atoms with Crippen molar-refractivity contribution in [3.05, 3.63) is 48.0 Å². The molecule has 1 N–H and O–H groups in total. The largest absolute Gasteiger partial charge is 0.494 e. The third-order valence-corrected chi connectivity index (χ3v) is 4.31. The molecule has 1 atom stereocenters. The standard InChI is InChI=1S/C22H26N2O5/c1-3-4-5-12-26-18-7-9-19(10-8-18)29-16(2)22(25)24-23-14-17-6-11-20-21(13-17)28-15-27-20/h6-11,13-14,16H,3-5,12,15H2,1-2H3,(H,24,25)/b23-14-. The monoisotopic (exact) mass is 398 g/mol. The van der Waals surface area contributed by atoms with Gasteiger partial charge in [0.25, 0.3) is 5.91 Å². The number of unbranched alkanes of at least 4 members (excludes halogenated alkanes) is 2. The highest BCUT2D eigenvalue weighted by Crippen LogP contribution is 2.31. The minimum Gasteiger partial charge on any atom is -0.494 e. The topological polar surface area (TPSA) is 78.4 Å². The molecule has 0 saturated heterocycles. The number of hydrogen-bond acceptors (Lipinski definition) is 6. The lowest BCUT2D eigenvalue weighted by molar-refractivity contribution is -0.127. The van der Waals surface area contributed by atoms with Crippen molar-refractivity contribution in [3.63, 3.8) is 0 Å². The molecule has 2 aromatic carbocycles. The first-order valence-corrected chi connectivity index (χ1v) is 9.78. The second-order valence-corrected chi connectivity index (χ2v) is 6.63. The number of nitrogens with one attached hydrogen (secondary N) is 1. The number of hydrogen-bond donors (Lipinski definition) is 1. The summed E-state index contributed by atoms with van der Waals surface area (Å²) >= 11 is 0. The molecule has 0 aromatic heterocycles. The molecule has 2 aromatic rings. The van der Waals surface area contributed by atoms with Gasteiger partial charge in [-0.25, -0.2) is 5.43 Å². The number of carbonyl (C=O) groups excluding carboxylic acids is 1. The van der Waals surface area contributed by atoms with Gasteiger partial charge in [0, 0.05) is 0 Å². The number of benzene rings is 2. The van der Waals surface area contributed by atoms with Crippen LogP contribution in [0, 0.1) is 0 Å². The van der Waals surface area contributed by atoms with Crippen molar-refractivity contribution >= 4 is 12.1 Å². The SMILES string of the molecule is CCCCCOc1ccc(OC(C)C(=O)N/N=C\c2ccc3c(c2)OCO3)cc1. The van der Waals surface area contributed by atoms with Crippen LogP contribution in [0.3, 0.4) is 0 Å². The van der Waals surface area contributed by atoms with Gasteiger partial charge in [0.2, 0.25) is 6.79 Å². The summed E-state index contributed by atoms with van der Waals surface area (Å²) in [5, 5.41) is 3.97. The fourth-order valence-electron chi connectivity index (χ4n) is 2.67.